The summed E-state index contributed by atoms with van der Waals surface area (Å²) in [4.78, 5) is 22.3. The summed E-state index contributed by atoms with van der Waals surface area (Å²) < 4.78 is 5.57. The highest BCUT2D eigenvalue weighted by atomic mass is 35.5. The maximum Gasteiger partial charge on any atom is 0.271 e. The number of non-ortho nitro benzene ring substituents is 1. The second-order valence-corrected chi connectivity index (χ2v) is 5.66. The van der Waals surface area contributed by atoms with E-state index in [1.54, 1.807) is 42.5 Å². The highest BCUT2D eigenvalue weighted by Crippen LogP contribution is 2.25. The Bertz CT molecular complexity index is 997. The van der Waals surface area contributed by atoms with Crippen LogP contribution < -0.4 is 5.43 Å². The van der Waals surface area contributed by atoms with Gasteiger partial charge < -0.3 is 4.42 Å². The third-order valence-corrected chi connectivity index (χ3v) is 3.65. The molecule has 3 aromatic rings. The molecule has 0 radical (unpaired) electrons. The zero-order valence-electron chi connectivity index (χ0n) is 13.3. The first kappa shape index (κ1) is 17.4. The number of benzene rings is 2. The third kappa shape index (κ3) is 4.14. The molecule has 1 amide bonds. The van der Waals surface area contributed by atoms with Crippen molar-refractivity contribution < 1.29 is 14.1 Å². The molecule has 0 atom stereocenters. The first-order valence-electron chi connectivity index (χ1n) is 7.46. The van der Waals surface area contributed by atoms with E-state index in [-0.39, 0.29) is 5.69 Å². The molecule has 0 aliphatic carbocycles. The molecular weight excluding hydrogens is 358 g/mol. The maximum atomic E-state index is 11.9. The highest BCUT2D eigenvalue weighted by molar-refractivity contribution is 6.30. The van der Waals surface area contributed by atoms with E-state index in [1.807, 2.05) is 0 Å². The van der Waals surface area contributed by atoms with Crippen LogP contribution in [0.15, 0.2) is 70.2 Å². The van der Waals surface area contributed by atoms with Gasteiger partial charge in [0.25, 0.3) is 11.6 Å². The molecule has 0 saturated carbocycles. The summed E-state index contributed by atoms with van der Waals surface area (Å²) in [5.41, 5.74) is 3.30. The number of carbonyl (C=O) groups is 1. The van der Waals surface area contributed by atoms with Crippen molar-refractivity contribution in [3.63, 3.8) is 0 Å². The number of hydrogen-bond acceptors (Lipinski definition) is 5. The van der Waals surface area contributed by atoms with Crippen LogP contribution in [-0.2, 0) is 0 Å². The van der Waals surface area contributed by atoms with Gasteiger partial charge in [-0.25, -0.2) is 5.43 Å². The number of nitrogens with one attached hydrogen (secondary N) is 1. The van der Waals surface area contributed by atoms with Gasteiger partial charge >= 0.3 is 0 Å². The number of carbonyl (C=O) groups excluding carboxylic acids is 1. The van der Waals surface area contributed by atoms with Crippen LogP contribution in [0.5, 0.6) is 0 Å². The molecule has 1 N–H and O–H groups in total. The van der Waals surface area contributed by atoms with E-state index in [9.17, 15) is 14.9 Å². The van der Waals surface area contributed by atoms with Crippen molar-refractivity contribution in [1.29, 1.82) is 0 Å². The van der Waals surface area contributed by atoms with Crippen molar-refractivity contribution in [2.24, 2.45) is 5.10 Å². The Labute approximate surface area is 153 Å². The Morgan fingerprint density at radius 2 is 1.96 bits per heavy atom. The van der Waals surface area contributed by atoms with Crippen LogP contribution in [0.25, 0.3) is 11.3 Å². The van der Waals surface area contributed by atoms with Crippen LogP contribution in [-0.4, -0.2) is 17.0 Å². The molecule has 0 unspecified atom stereocenters. The smallest absolute Gasteiger partial charge is 0.271 e. The van der Waals surface area contributed by atoms with Crippen LogP contribution in [0, 0.1) is 10.1 Å². The summed E-state index contributed by atoms with van der Waals surface area (Å²) in [6.45, 7) is 0. The second kappa shape index (κ2) is 7.62. The minimum absolute atomic E-state index is 0.0251. The Morgan fingerprint density at radius 3 is 2.73 bits per heavy atom. The summed E-state index contributed by atoms with van der Waals surface area (Å²) in [6.07, 6.45) is 1.34. The summed E-state index contributed by atoms with van der Waals surface area (Å²) in [5.74, 6) is 0.434. The molecule has 0 aliphatic rings. The fourth-order valence-electron chi connectivity index (χ4n) is 2.20. The van der Waals surface area contributed by atoms with Crippen molar-refractivity contribution in [3.8, 4) is 11.3 Å². The molecule has 2 aromatic carbocycles. The van der Waals surface area contributed by atoms with Crippen molar-refractivity contribution in [2.45, 2.75) is 0 Å². The molecule has 0 bridgehead atoms. The lowest BCUT2D eigenvalue weighted by atomic mass is 10.1. The van der Waals surface area contributed by atoms with Gasteiger partial charge in [-0.05, 0) is 30.3 Å². The fourth-order valence-corrected chi connectivity index (χ4v) is 2.39. The van der Waals surface area contributed by atoms with E-state index in [0.717, 1.165) is 0 Å². The lowest BCUT2D eigenvalue weighted by Gasteiger charge is -1.99. The Balaban J connectivity index is 1.68. The highest BCUT2D eigenvalue weighted by Gasteiger charge is 2.10. The predicted octanol–water partition coefficient (Wildman–Crippen LogP) is 4.27. The van der Waals surface area contributed by atoms with E-state index in [0.29, 0.717) is 27.7 Å². The molecule has 1 aromatic heterocycles. The monoisotopic (exact) mass is 369 g/mol. The van der Waals surface area contributed by atoms with Gasteiger partial charge in [0.05, 0.1) is 11.1 Å². The number of hydrogen-bond donors (Lipinski definition) is 1. The Hall–Kier alpha value is -3.45. The number of rotatable bonds is 5. The van der Waals surface area contributed by atoms with Crippen LogP contribution in [0.4, 0.5) is 5.69 Å². The number of halogens is 1. The van der Waals surface area contributed by atoms with E-state index >= 15 is 0 Å². The zero-order valence-corrected chi connectivity index (χ0v) is 14.0. The molecule has 7 nitrogen and oxygen atoms in total. The number of amides is 1. The number of nitrogens with zero attached hydrogens (tertiary/aromatic N) is 2. The van der Waals surface area contributed by atoms with E-state index in [4.69, 9.17) is 16.0 Å². The lowest BCUT2D eigenvalue weighted by Crippen LogP contribution is -2.17. The molecule has 130 valence electrons. The molecule has 0 spiro atoms. The predicted molar refractivity (Wildman–Crippen MR) is 97.3 cm³/mol. The number of hydrazone groups is 1. The minimum atomic E-state index is -0.472. The molecule has 1 heterocycles. The molecule has 26 heavy (non-hydrogen) atoms. The van der Waals surface area contributed by atoms with Crippen molar-refractivity contribution in [3.05, 3.63) is 87.1 Å². The summed E-state index contributed by atoms with van der Waals surface area (Å²) in [5, 5.41) is 15.1. The standard InChI is InChI=1S/C18H12ClN3O4/c19-14-5-1-4-13(9-14)18(23)21-20-11-16-7-8-17(26-16)12-3-2-6-15(10-12)22(24)25/h1-11H,(H,21,23)/b20-11+. The van der Waals surface area contributed by atoms with Gasteiger partial charge in [0, 0.05) is 28.3 Å². The van der Waals surface area contributed by atoms with Crippen LogP contribution >= 0.6 is 11.6 Å². The SMILES string of the molecule is O=C(N/N=C/c1ccc(-c2cccc([N+](=O)[O-])c2)o1)c1cccc(Cl)c1. The largest absolute Gasteiger partial charge is 0.455 e. The summed E-state index contributed by atoms with van der Waals surface area (Å²) >= 11 is 5.83. The van der Waals surface area contributed by atoms with Gasteiger partial charge in [-0.2, -0.15) is 5.10 Å². The first-order chi connectivity index (χ1) is 12.5. The van der Waals surface area contributed by atoms with Crippen molar-refractivity contribution in [2.75, 3.05) is 0 Å². The molecule has 3 rings (SSSR count). The van der Waals surface area contributed by atoms with Gasteiger partial charge in [-0.3, -0.25) is 14.9 Å². The summed E-state index contributed by atoms with van der Waals surface area (Å²) in [6, 6.07) is 15.9. The maximum absolute atomic E-state index is 11.9. The van der Waals surface area contributed by atoms with E-state index < -0.39 is 10.8 Å². The van der Waals surface area contributed by atoms with Crippen molar-refractivity contribution in [1.82, 2.24) is 5.43 Å². The Kier molecular flexibility index (Phi) is 5.09. The van der Waals surface area contributed by atoms with Gasteiger partial charge in [0.1, 0.15) is 11.5 Å². The topological polar surface area (TPSA) is 97.7 Å². The molecule has 8 heteroatoms. The average Bonchev–Trinajstić information content (AvgIpc) is 3.10. The van der Waals surface area contributed by atoms with Crippen LogP contribution in [0.2, 0.25) is 5.02 Å². The van der Waals surface area contributed by atoms with E-state index in [2.05, 4.69) is 10.5 Å². The van der Waals surface area contributed by atoms with Gasteiger partial charge in [-0.1, -0.05) is 29.8 Å². The number of furan rings is 1. The van der Waals surface area contributed by atoms with Crippen LogP contribution in [0.1, 0.15) is 16.1 Å². The van der Waals surface area contributed by atoms with Crippen molar-refractivity contribution >= 4 is 29.4 Å². The normalized spacial score (nSPS) is 10.8. The fraction of sp³-hybridized carbons (Fsp3) is 0. The first-order valence-corrected chi connectivity index (χ1v) is 7.84. The molecule has 0 aliphatic heterocycles. The summed E-state index contributed by atoms with van der Waals surface area (Å²) in [7, 11) is 0. The lowest BCUT2D eigenvalue weighted by molar-refractivity contribution is -0.384. The minimum Gasteiger partial charge on any atom is -0.455 e. The molecular formula is C18H12ClN3O4. The van der Waals surface area contributed by atoms with E-state index in [1.165, 1.54) is 24.4 Å². The number of nitro benzene ring substituents is 1. The van der Waals surface area contributed by atoms with Gasteiger partial charge in [-0.15, -0.1) is 0 Å². The zero-order chi connectivity index (χ0) is 18.5. The Morgan fingerprint density at radius 1 is 1.15 bits per heavy atom. The number of nitro groups is 1. The molecule has 0 saturated heterocycles. The van der Waals surface area contributed by atoms with Gasteiger partial charge in [0.2, 0.25) is 0 Å². The van der Waals surface area contributed by atoms with Gasteiger partial charge in [0.15, 0.2) is 0 Å². The average molecular weight is 370 g/mol. The third-order valence-electron chi connectivity index (χ3n) is 3.41. The molecule has 0 fully saturated rings. The quantitative estimate of drug-likeness (QED) is 0.412. The van der Waals surface area contributed by atoms with Crippen LogP contribution in [0.3, 0.4) is 0 Å². The second-order valence-electron chi connectivity index (χ2n) is 5.22.